The lowest BCUT2D eigenvalue weighted by Crippen LogP contribution is -2.00. The third kappa shape index (κ3) is 4.05. The predicted molar refractivity (Wildman–Crippen MR) is 191 cm³/mol. The molecule has 10 rings (SSSR count). The number of furan rings is 1. The predicted octanol–water partition coefficient (Wildman–Crippen LogP) is 11.2. The van der Waals surface area contributed by atoms with Gasteiger partial charge in [0.2, 0.25) is 0 Å². The first-order chi connectivity index (χ1) is 23.3. The molecule has 0 aliphatic heterocycles. The fourth-order valence-electron chi connectivity index (χ4n) is 7.10. The van der Waals surface area contributed by atoms with Crippen LogP contribution < -0.4 is 0 Å². The van der Waals surface area contributed by atoms with Crippen LogP contribution in [0.25, 0.3) is 100 Å². The van der Waals surface area contributed by atoms with Gasteiger partial charge in [0, 0.05) is 27.5 Å². The molecule has 0 radical (unpaired) electrons. The monoisotopic (exact) mass is 599 g/mol. The molecule has 1 aliphatic rings. The Hall–Kier alpha value is -6.39. The molecule has 0 bridgehead atoms. The lowest BCUT2D eigenvalue weighted by atomic mass is 9.99. The van der Waals surface area contributed by atoms with Crippen molar-refractivity contribution in [3.8, 4) is 67.5 Å². The van der Waals surface area contributed by atoms with E-state index < -0.39 is 0 Å². The largest absolute Gasteiger partial charge is 0.456 e. The Morgan fingerprint density at radius 2 is 0.936 bits per heavy atom. The third-order valence-corrected chi connectivity index (χ3v) is 9.27. The number of hydrogen-bond donors (Lipinski definition) is 0. The molecule has 0 fully saturated rings. The normalized spacial score (nSPS) is 11.8. The van der Waals surface area contributed by atoms with E-state index in [1.807, 2.05) is 36.4 Å². The summed E-state index contributed by atoms with van der Waals surface area (Å²) in [4.78, 5) is 15.5. The standard InChI is InChI=1S/C43H25N3O/c1-2-10-26(11-3-1)27-20-22-28(23-21-27)41-44-42(30-24-29-12-8-16-33-31-13-4-5-14-32(31)36(25-30)39(29)33)46-43(45-41)35-17-9-19-38-40(35)34-15-6-7-18-37(34)47-38/h1-25H. The zero-order valence-electron chi connectivity index (χ0n) is 25.2. The third-order valence-electron chi connectivity index (χ3n) is 9.27. The van der Waals surface area contributed by atoms with Crippen LogP contribution in [0.4, 0.5) is 0 Å². The van der Waals surface area contributed by atoms with Crippen molar-refractivity contribution in [2.24, 2.45) is 0 Å². The van der Waals surface area contributed by atoms with E-state index in [4.69, 9.17) is 19.4 Å². The first-order valence-corrected chi connectivity index (χ1v) is 15.8. The molecule has 9 aromatic rings. The summed E-state index contributed by atoms with van der Waals surface area (Å²) in [5.41, 5.74) is 11.7. The van der Waals surface area contributed by atoms with E-state index >= 15 is 0 Å². The van der Waals surface area contributed by atoms with Crippen LogP contribution in [0.5, 0.6) is 0 Å². The van der Waals surface area contributed by atoms with Gasteiger partial charge >= 0.3 is 0 Å². The summed E-state index contributed by atoms with van der Waals surface area (Å²) in [6.45, 7) is 0. The maximum atomic E-state index is 6.25. The number of benzene rings is 7. The van der Waals surface area contributed by atoms with Crippen LogP contribution >= 0.6 is 0 Å². The highest BCUT2D eigenvalue weighted by Crippen LogP contribution is 2.48. The Bertz CT molecular complexity index is 2670. The molecule has 4 nitrogen and oxygen atoms in total. The molecule has 0 saturated carbocycles. The molecule has 0 unspecified atom stereocenters. The van der Waals surface area contributed by atoms with Crippen LogP contribution in [0.1, 0.15) is 0 Å². The van der Waals surface area contributed by atoms with E-state index in [9.17, 15) is 0 Å². The Morgan fingerprint density at radius 1 is 0.340 bits per heavy atom. The number of fused-ring (bicyclic) bond motifs is 6. The smallest absolute Gasteiger partial charge is 0.164 e. The van der Waals surface area contributed by atoms with Crippen molar-refractivity contribution in [1.29, 1.82) is 0 Å². The van der Waals surface area contributed by atoms with E-state index in [-0.39, 0.29) is 0 Å². The van der Waals surface area contributed by atoms with Crippen LogP contribution in [-0.4, -0.2) is 15.0 Å². The van der Waals surface area contributed by atoms with Crippen LogP contribution in [0.2, 0.25) is 0 Å². The number of hydrogen-bond acceptors (Lipinski definition) is 4. The fourth-order valence-corrected chi connectivity index (χ4v) is 7.10. The molecule has 0 N–H and O–H groups in total. The van der Waals surface area contributed by atoms with Gasteiger partial charge in [0.05, 0.1) is 0 Å². The maximum Gasteiger partial charge on any atom is 0.164 e. The summed E-state index contributed by atoms with van der Waals surface area (Å²) in [5.74, 6) is 1.87. The van der Waals surface area contributed by atoms with Gasteiger partial charge in [0.1, 0.15) is 11.2 Å². The second-order valence-corrected chi connectivity index (χ2v) is 12.0. The maximum absolute atomic E-state index is 6.25. The quantitative estimate of drug-likeness (QED) is 0.202. The number of nitrogens with zero attached hydrogens (tertiary/aromatic N) is 3. The molecule has 2 heterocycles. The SMILES string of the molecule is c1ccc(-c2ccc(-c3nc(-c4cc5c6c(cccc6c4)-c4ccccc4-5)nc(-c4cccc5oc6ccccc6c45)n3)cc2)cc1. The summed E-state index contributed by atoms with van der Waals surface area (Å²) in [5, 5.41) is 4.49. The van der Waals surface area contributed by atoms with Gasteiger partial charge in [-0.15, -0.1) is 0 Å². The highest BCUT2D eigenvalue weighted by Gasteiger charge is 2.23. The first-order valence-electron chi connectivity index (χ1n) is 15.8. The van der Waals surface area contributed by atoms with Gasteiger partial charge in [0.15, 0.2) is 17.5 Å². The number of rotatable bonds is 4. The summed E-state index contributed by atoms with van der Waals surface area (Å²) < 4.78 is 6.25. The van der Waals surface area contributed by atoms with Gasteiger partial charge in [0.25, 0.3) is 0 Å². The summed E-state index contributed by atoms with van der Waals surface area (Å²) in [6.07, 6.45) is 0. The van der Waals surface area contributed by atoms with Gasteiger partial charge in [-0.3, -0.25) is 0 Å². The minimum atomic E-state index is 0.611. The molecule has 7 aromatic carbocycles. The minimum absolute atomic E-state index is 0.611. The first kappa shape index (κ1) is 25.9. The van der Waals surface area contributed by atoms with Crippen LogP contribution in [0, 0.1) is 0 Å². The van der Waals surface area contributed by atoms with Crippen molar-refractivity contribution in [3.63, 3.8) is 0 Å². The molecule has 0 amide bonds. The van der Waals surface area contributed by atoms with Crippen molar-refractivity contribution in [2.75, 3.05) is 0 Å². The van der Waals surface area contributed by atoms with Crippen molar-refractivity contribution in [2.45, 2.75) is 0 Å². The lowest BCUT2D eigenvalue weighted by Gasteiger charge is -2.11. The Morgan fingerprint density at radius 3 is 1.79 bits per heavy atom. The van der Waals surface area contributed by atoms with E-state index in [1.54, 1.807) is 0 Å². The van der Waals surface area contributed by atoms with Gasteiger partial charge in [-0.1, -0.05) is 127 Å². The number of aromatic nitrogens is 3. The molecule has 47 heavy (non-hydrogen) atoms. The van der Waals surface area contributed by atoms with Crippen molar-refractivity contribution >= 4 is 32.7 Å². The Balaban J connectivity index is 1.21. The van der Waals surface area contributed by atoms with E-state index in [2.05, 4.69) is 115 Å². The molecule has 0 saturated heterocycles. The Labute approximate surface area is 270 Å². The molecular weight excluding hydrogens is 574 g/mol. The van der Waals surface area contributed by atoms with E-state index in [0.29, 0.717) is 17.5 Å². The van der Waals surface area contributed by atoms with Crippen molar-refractivity contribution in [1.82, 2.24) is 15.0 Å². The topological polar surface area (TPSA) is 51.8 Å². The van der Waals surface area contributed by atoms with Crippen molar-refractivity contribution in [3.05, 3.63) is 152 Å². The summed E-state index contributed by atoms with van der Waals surface area (Å²) in [7, 11) is 0. The number of para-hydroxylation sites is 1. The average Bonchev–Trinajstić information content (AvgIpc) is 3.69. The van der Waals surface area contributed by atoms with Crippen molar-refractivity contribution < 1.29 is 4.42 Å². The molecule has 0 spiro atoms. The van der Waals surface area contributed by atoms with Gasteiger partial charge in [-0.05, 0) is 68.4 Å². The second-order valence-electron chi connectivity index (χ2n) is 12.0. The van der Waals surface area contributed by atoms with Gasteiger partial charge in [-0.25, -0.2) is 15.0 Å². The molecule has 0 atom stereocenters. The Kier molecular flexibility index (Phi) is 5.54. The molecule has 4 heteroatoms. The van der Waals surface area contributed by atoms with E-state index in [1.165, 1.54) is 38.6 Å². The zero-order chi connectivity index (χ0) is 30.9. The van der Waals surface area contributed by atoms with E-state index in [0.717, 1.165) is 44.2 Å². The fraction of sp³-hybridized carbons (Fsp3) is 0. The second kappa shape index (κ2) is 10.1. The highest BCUT2D eigenvalue weighted by atomic mass is 16.3. The van der Waals surface area contributed by atoms with Gasteiger partial charge in [-0.2, -0.15) is 0 Å². The molecule has 2 aromatic heterocycles. The molecule has 218 valence electrons. The average molecular weight is 600 g/mol. The highest BCUT2D eigenvalue weighted by molar-refractivity contribution is 6.16. The van der Waals surface area contributed by atoms with Crippen LogP contribution in [0.15, 0.2) is 156 Å². The lowest BCUT2D eigenvalue weighted by molar-refractivity contribution is 0.669. The summed E-state index contributed by atoms with van der Waals surface area (Å²) in [6, 6.07) is 52.7. The van der Waals surface area contributed by atoms with Gasteiger partial charge < -0.3 is 4.42 Å². The molecule has 1 aliphatic carbocycles. The van der Waals surface area contributed by atoms with Crippen LogP contribution in [0.3, 0.4) is 0 Å². The zero-order valence-corrected chi connectivity index (χ0v) is 25.2. The minimum Gasteiger partial charge on any atom is -0.456 e. The molecular formula is C43H25N3O. The van der Waals surface area contributed by atoms with Crippen LogP contribution in [-0.2, 0) is 0 Å². The summed E-state index contributed by atoms with van der Waals surface area (Å²) >= 11 is 0.